The summed E-state index contributed by atoms with van der Waals surface area (Å²) < 4.78 is 0. The highest BCUT2D eigenvalue weighted by molar-refractivity contribution is 5.05. The molecule has 1 rings (SSSR count). The Balaban J connectivity index is 2.33. The van der Waals surface area contributed by atoms with Crippen molar-refractivity contribution in [2.45, 2.75) is 71.1 Å². The maximum atomic E-state index is 4.26. The van der Waals surface area contributed by atoms with E-state index in [1.807, 2.05) is 6.07 Å². The Hall–Kier alpha value is -0.920. The van der Waals surface area contributed by atoms with Crippen LogP contribution in [0.2, 0.25) is 0 Å². The first-order chi connectivity index (χ1) is 8.38. The predicted octanol–water partition coefficient (Wildman–Crippen LogP) is 4.72. The van der Waals surface area contributed by atoms with E-state index in [9.17, 15) is 0 Å². The molecule has 0 radical (unpaired) electrons. The van der Waals surface area contributed by atoms with Gasteiger partial charge in [-0.3, -0.25) is 0 Å². The van der Waals surface area contributed by atoms with E-state index in [2.05, 4.69) is 30.1 Å². The molecule has 0 saturated carbocycles. The number of hydrogen-bond acceptors (Lipinski definition) is 2. The number of rotatable bonds is 9. The minimum absolute atomic E-state index is 0.621. The summed E-state index contributed by atoms with van der Waals surface area (Å²) in [7, 11) is 0. The molecule has 0 aliphatic rings. The molecular weight excluding hydrogens is 208 g/mol. The van der Waals surface area contributed by atoms with E-state index in [1.165, 1.54) is 57.1 Å². The standard InChI is InChI=1S/C15H26N2/c1-3-5-6-7-8-11-14(10-4-2)15-12-9-13-16-17-15/h9,12-14H,3-8,10-11H2,1-2H3. The fourth-order valence-electron chi connectivity index (χ4n) is 2.31. The zero-order chi connectivity index (χ0) is 12.3. The molecule has 0 aromatic carbocycles. The predicted molar refractivity (Wildman–Crippen MR) is 73.1 cm³/mol. The molecule has 1 aromatic heterocycles. The molecule has 1 atom stereocenters. The van der Waals surface area contributed by atoms with Gasteiger partial charge in [0, 0.05) is 12.1 Å². The van der Waals surface area contributed by atoms with Gasteiger partial charge in [-0.25, -0.2) is 0 Å². The maximum absolute atomic E-state index is 4.26. The number of aromatic nitrogens is 2. The van der Waals surface area contributed by atoms with Crippen molar-refractivity contribution in [3.05, 3.63) is 24.0 Å². The average molecular weight is 234 g/mol. The van der Waals surface area contributed by atoms with Crippen molar-refractivity contribution in [3.63, 3.8) is 0 Å². The van der Waals surface area contributed by atoms with Crippen LogP contribution in [0.25, 0.3) is 0 Å². The highest BCUT2D eigenvalue weighted by Gasteiger charge is 2.11. The normalized spacial score (nSPS) is 12.6. The van der Waals surface area contributed by atoms with E-state index in [0.29, 0.717) is 5.92 Å². The van der Waals surface area contributed by atoms with Crippen LogP contribution in [-0.2, 0) is 0 Å². The van der Waals surface area contributed by atoms with Gasteiger partial charge in [0.1, 0.15) is 0 Å². The minimum atomic E-state index is 0.621. The van der Waals surface area contributed by atoms with Crippen LogP contribution in [-0.4, -0.2) is 10.2 Å². The molecular formula is C15H26N2. The third-order valence-corrected chi connectivity index (χ3v) is 3.30. The van der Waals surface area contributed by atoms with Gasteiger partial charge in [-0.15, -0.1) is 0 Å². The molecule has 0 fully saturated rings. The largest absolute Gasteiger partial charge is 0.159 e. The highest BCUT2D eigenvalue weighted by atomic mass is 15.1. The molecule has 2 nitrogen and oxygen atoms in total. The first-order valence-electron chi connectivity index (χ1n) is 7.16. The summed E-state index contributed by atoms with van der Waals surface area (Å²) in [5.41, 5.74) is 1.19. The lowest BCUT2D eigenvalue weighted by molar-refractivity contribution is 0.504. The molecule has 0 aliphatic heterocycles. The smallest absolute Gasteiger partial charge is 0.0661 e. The SMILES string of the molecule is CCCCCCCC(CCC)c1cccnn1. The van der Waals surface area contributed by atoms with Crippen molar-refractivity contribution in [3.8, 4) is 0 Å². The van der Waals surface area contributed by atoms with Crippen LogP contribution in [0.5, 0.6) is 0 Å². The highest BCUT2D eigenvalue weighted by Crippen LogP contribution is 2.25. The molecule has 0 bridgehead atoms. The van der Waals surface area contributed by atoms with E-state index < -0.39 is 0 Å². The van der Waals surface area contributed by atoms with Crippen LogP contribution >= 0.6 is 0 Å². The number of nitrogens with zero attached hydrogens (tertiary/aromatic N) is 2. The third kappa shape index (κ3) is 5.81. The van der Waals surface area contributed by atoms with Gasteiger partial charge in [0.15, 0.2) is 0 Å². The van der Waals surface area contributed by atoms with Gasteiger partial charge in [0.25, 0.3) is 0 Å². The zero-order valence-corrected chi connectivity index (χ0v) is 11.4. The first-order valence-corrected chi connectivity index (χ1v) is 7.16. The second-order valence-electron chi connectivity index (χ2n) is 4.84. The molecule has 1 aromatic rings. The Morgan fingerprint density at radius 3 is 2.47 bits per heavy atom. The zero-order valence-electron chi connectivity index (χ0n) is 11.4. The Kier molecular flexibility index (Phi) is 7.61. The van der Waals surface area contributed by atoms with Gasteiger partial charge < -0.3 is 0 Å². The molecule has 1 unspecified atom stereocenters. The molecule has 0 aliphatic carbocycles. The van der Waals surface area contributed by atoms with Crippen molar-refractivity contribution >= 4 is 0 Å². The summed E-state index contributed by atoms with van der Waals surface area (Å²) in [6, 6.07) is 4.13. The van der Waals surface area contributed by atoms with Crippen LogP contribution in [0.1, 0.15) is 76.8 Å². The average Bonchev–Trinajstić information content (AvgIpc) is 2.38. The fraction of sp³-hybridized carbons (Fsp3) is 0.733. The minimum Gasteiger partial charge on any atom is -0.159 e. The van der Waals surface area contributed by atoms with Gasteiger partial charge in [0.05, 0.1) is 5.69 Å². The first kappa shape index (κ1) is 14.1. The van der Waals surface area contributed by atoms with Gasteiger partial charge in [-0.05, 0) is 25.0 Å². The summed E-state index contributed by atoms with van der Waals surface area (Å²) in [5.74, 6) is 0.621. The third-order valence-electron chi connectivity index (χ3n) is 3.30. The van der Waals surface area contributed by atoms with Gasteiger partial charge >= 0.3 is 0 Å². The Bertz CT molecular complexity index is 272. The lowest BCUT2D eigenvalue weighted by Crippen LogP contribution is -2.02. The quantitative estimate of drug-likeness (QED) is 0.578. The molecule has 0 N–H and O–H groups in total. The lowest BCUT2D eigenvalue weighted by atomic mass is 9.93. The van der Waals surface area contributed by atoms with Gasteiger partial charge in [-0.2, -0.15) is 10.2 Å². The van der Waals surface area contributed by atoms with Crippen LogP contribution < -0.4 is 0 Å². The van der Waals surface area contributed by atoms with Crippen LogP contribution in [0.3, 0.4) is 0 Å². The van der Waals surface area contributed by atoms with Crippen molar-refractivity contribution in [1.82, 2.24) is 10.2 Å². The Morgan fingerprint density at radius 1 is 1.00 bits per heavy atom. The van der Waals surface area contributed by atoms with E-state index in [1.54, 1.807) is 6.20 Å². The number of unbranched alkanes of at least 4 members (excludes halogenated alkanes) is 4. The van der Waals surface area contributed by atoms with Gasteiger partial charge in [-0.1, -0.05) is 52.4 Å². The van der Waals surface area contributed by atoms with Gasteiger partial charge in [0.2, 0.25) is 0 Å². The summed E-state index contributed by atoms with van der Waals surface area (Å²) in [4.78, 5) is 0. The molecule has 0 saturated heterocycles. The van der Waals surface area contributed by atoms with Crippen LogP contribution in [0, 0.1) is 0 Å². The van der Waals surface area contributed by atoms with Crippen molar-refractivity contribution < 1.29 is 0 Å². The Morgan fingerprint density at radius 2 is 1.82 bits per heavy atom. The second-order valence-corrected chi connectivity index (χ2v) is 4.84. The summed E-state index contributed by atoms with van der Waals surface area (Å²) in [6.45, 7) is 4.51. The topological polar surface area (TPSA) is 25.8 Å². The molecule has 17 heavy (non-hydrogen) atoms. The van der Waals surface area contributed by atoms with E-state index in [4.69, 9.17) is 0 Å². The number of hydrogen-bond donors (Lipinski definition) is 0. The second kappa shape index (κ2) is 9.15. The van der Waals surface area contributed by atoms with Crippen molar-refractivity contribution in [2.75, 3.05) is 0 Å². The molecule has 0 spiro atoms. The summed E-state index contributed by atoms with van der Waals surface area (Å²) in [6.07, 6.45) is 12.3. The molecule has 96 valence electrons. The molecule has 1 heterocycles. The van der Waals surface area contributed by atoms with Crippen molar-refractivity contribution in [1.29, 1.82) is 0 Å². The maximum Gasteiger partial charge on any atom is 0.0661 e. The molecule has 0 amide bonds. The van der Waals surface area contributed by atoms with Crippen LogP contribution in [0.15, 0.2) is 18.3 Å². The lowest BCUT2D eigenvalue weighted by Gasteiger charge is -2.14. The molecule has 2 heteroatoms. The fourth-order valence-corrected chi connectivity index (χ4v) is 2.31. The summed E-state index contributed by atoms with van der Waals surface area (Å²) in [5, 5.41) is 8.26. The Labute approximate surface area is 106 Å². The van der Waals surface area contributed by atoms with E-state index in [0.717, 1.165) is 0 Å². The van der Waals surface area contributed by atoms with Crippen LogP contribution in [0.4, 0.5) is 0 Å². The van der Waals surface area contributed by atoms with E-state index >= 15 is 0 Å². The monoisotopic (exact) mass is 234 g/mol. The van der Waals surface area contributed by atoms with E-state index in [-0.39, 0.29) is 0 Å². The summed E-state index contributed by atoms with van der Waals surface area (Å²) >= 11 is 0. The van der Waals surface area contributed by atoms with Crippen molar-refractivity contribution in [2.24, 2.45) is 0 Å².